The van der Waals surface area contributed by atoms with Gasteiger partial charge < -0.3 is 20.9 Å². The van der Waals surface area contributed by atoms with E-state index in [1.54, 1.807) is 0 Å². The maximum absolute atomic E-state index is 10.3. The van der Waals surface area contributed by atoms with E-state index in [1.165, 1.54) is 16.7 Å². The Balaban J connectivity index is 1.77. The summed E-state index contributed by atoms with van der Waals surface area (Å²) >= 11 is 0. The van der Waals surface area contributed by atoms with Crippen LogP contribution >= 0.6 is 0 Å². The van der Waals surface area contributed by atoms with Crippen LogP contribution in [0.1, 0.15) is 50.8 Å². The number of hydrogen-bond donors (Lipinski definition) is 3. The van der Waals surface area contributed by atoms with Crippen LogP contribution in [0.5, 0.6) is 5.75 Å². The van der Waals surface area contributed by atoms with Crippen LogP contribution in [0.4, 0.5) is 0 Å². The number of aryl methyl sites for hydroxylation is 1. The van der Waals surface area contributed by atoms with Gasteiger partial charge in [-0.05, 0) is 40.7 Å². The molecule has 4 heteroatoms. The lowest BCUT2D eigenvalue weighted by atomic mass is 9.86. The van der Waals surface area contributed by atoms with Crippen molar-refractivity contribution in [3.63, 3.8) is 0 Å². The zero-order valence-electron chi connectivity index (χ0n) is 17.7. The second kappa shape index (κ2) is 10.6. The normalized spacial score (nSPS) is 13.9. The molecule has 0 spiro atoms. The van der Waals surface area contributed by atoms with Crippen molar-refractivity contribution in [2.24, 2.45) is 5.73 Å². The van der Waals surface area contributed by atoms with Crippen LogP contribution in [-0.4, -0.2) is 30.4 Å². The molecular formula is C24H36N2O2. The number of benzene rings is 2. The van der Waals surface area contributed by atoms with Crippen molar-refractivity contribution in [3.8, 4) is 5.75 Å². The van der Waals surface area contributed by atoms with E-state index in [0.717, 1.165) is 18.6 Å². The molecule has 0 aromatic heterocycles. The molecule has 0 amide bonds. The number of aliphatic hydroxyl groups excluding tert-OH is 1. The van der Waals surface area contributed by atoms with Crippen LogP contribution in [0.2, 0.25) is 0 Å². The van der Waals surface area contributed by atoms with Crippen LogP contribution in [0, 0.1) is 0 Å². The fourth-order valence-corrected chi connectivity index (χ4v) is 3.05. The Bertz CT molecular complexity index is 725. The van der Waals surface area contributed by atoms with E-state index in [2.05, 4.69) is 63.3 Å². The highest BCUT2D eigenvalue weighted by atomic mass is 16.5. The van der Waals surface area contributed by atoms with Crippen molar-refractivity contribution in [2.45, 2.75) is 64.6 Å². The van der Waals surface area contributed by atoms with E-state index in [0.29, 0.717) is 13.1 Å². The zero-order valence-corrected chi connectivity index (χ0v) is 17.7. The predicted octanol–water partition coefficient (Wildman–Crippen LogP) is 3.79. The second-order valence-electron chi connectivity index (χ2n) is 8.52. The van der Waals surface area contributed by atoms with Crippen molar-refractivity contribution in [1.82, 2.24) is 5.32 Å². The molecule has 2 aromatic rings. The molecule has 2 aromatic carbocycles. The number of nitrogens with two attached hydrogens (primary N) is 1. The predicted molar refractivity (Wildman–Crippen MR) is 117 cm³/mol. The van der Waals surface area contributed by atoms with Crippen LogP contribution in [-0.2, 0) is 18.4 Å². The fraction of sp³-hybridized carbons (Fsp3) is 0.500. The third-order valence-corrected chi connectivity index (χ3v) is 4.85. The lowest BCUT2D eigenvalue weighted by molar-refractivity contribution is 0.114. The topological polar surface area (TPSA) is 67.5 Å². The Kier molecular flexibility index (Phi) is 8.49. The molecule has 2 rings (SSSR count). The first-order valence-corrected chi connectivity index (χ1v) is 10.2. The van der Waals surface area contributed by atoms with Crippen molar-refractivity contribution >= 4 is 0 Å². The molecule has 2 unspecified atom stereocenters. The van der Waals surface area contributed by atoms with Crippen LogP contribution < -0.4 is 15.8 Å². The van der Waals surface area contributed by atoms with Crippen LogP contribution in [0.15, 0.2) is 48.5 Å². The number of hydrogen-bond acceptors (Lipinski definition) is 4. The third-order valence-electron chi connectivity index (χ3n) is 4.85. The maximum atomic E-state index is 10.3. The van der Waals surface area contributed by atoms with Gasteiger partial charge in [-0.15, -0.1) is 0 Å². The molecule has 0 aliphatic rings. The molecule has 4 nitrogen and oxygen atoms in total. The third kappa shape index (κ3) is 7.27. The minimum Gasteiger partial charge on any atom is -0.492 e. The molecule has 0 fully saturated rings. The SMILES string of the molecule is CCCc1cccc(OCC(N)C(O)CNCc2cccc(C(C)(C)C)c2)c1. The highest BCUT2D eigenvalue weighted by molar-refractivity contribution is 5.29. The van der Waals surface area contributed by atoms with Crippen LogP contribution in [0.25, 0.3) is 0 Å². The minimum absolute atomic E-state index is 0.129. The van der Waals surface area contributed by atoms with E-state index in [9.17, 15) is 5.11 Å². The molecule has 0 aliphatic heterocycles. The molecule has 4 N–H and O–H groups in total. The summed E-state index contributed by atoms with van der Waals surface area (Å²) in [5.41, 5.74) is 10.0. The summed E-state index contributed by atoms with van der Waals surface area (Å²) in [6.45, 7) is 10.2. The molecule has 2 atom stereocenters. The number of ether oxygens (including phenoxy) is 1. The quantitative estimate of drug-likeness (QED) is 0.583. The van der Waals surface area contributed by atoms with E-state index in [-0.39, 0.29) is 12.0 Å². The summed E-state index contributed by atoms with van der Waals surface area (Å²) < 4.78 is 5.78. The van der Waals surface area contributed by atoms with Gasteiger partial charge in [-0.2, -0.15) is 0 Å². The highest BCUT2D eigenvalue weighted by Crippen LogP contribution is 2.22. The average molecular weight is 385 g/mol. The Hall–Kier alpha value is -1.88. The molecule has 0 heterocycles. The number of nitrogens with one attached hydrogen (secondary N) is 1. The van der Waals surface area contributed by atoms with E-state index in [1.807, 2.05) is 18.2 Å². The van der Waals surface area contributed by atoms with Crippen molar-refractivity contribution in [1.29, 1.82) is 0 Å². The van der Waals surface area contributed by atoms with Gasteiger partial charge in [0.2, 0.25) is 0 Å². The second-order valence-corrected chi connectivity index (χ2v) is 8.52. The summed E-state index contributed by atoms with van der Waals surface area (Å²) in [7, 11) is 0. The Morgan fingerprint density at radius 2 is 1.79 bits per heavy atom. The fourth-order valence-electron chi connectivity index (χ4n) is 3.05. The number of aliphatic hydroxyl groups is 1. The van der Waals surface area contributed by atoms with E-state index in [4.69, 9.17) is 10.5 Å². The van der Waals surface area contributed by atoms with Gasteiger partial charge in [-0.25, -0.2) is 0 Å². The molecule has 0 radical (unpaired) electrons. The van der Waals surface area contributed by atoms with Gasteiger partial charge in [-0.1, -0.05) is 70.5 Å². The molecule has 154 valence electrons. The first-order valence-electron chi connectivity index (χ1n) is 10.2. The minimum atomic E-state index is -0.662. The maximum Gasteiger partial charge on any atom is 0.119 e. The first kappa shape index (κ1) is 22.4. The van der Waals surface area contributed by atoms with Crippen molar-refractivity contribution < 1.29 is 9.84 Å². The standard InChI is InChI=1S/C24H36N2O2/c1-5-8-18-9-7-12-21(14-18)28-17-22(25)23(27)16-26-15-19-10-6-11-20(13-19)24(2,3)4/h6-7,9-14,22-23,26-27H,5,8,15-17,25H2,1-4H3. The molecule has 0 bridgehead atoms. The van der Waals surface area contributed by atoms with Crippen LogP contribution in [0.3, 0.4) is 0 Å². The molecule has 0 saturated heterocycles. The van der Waals surface area contributed by atoms with Crippen molar-refractivity contribution in [3.05, 3.63) is 65.2 Å². The number of rotatable bonds is 10. The van der Waals surface area contributed by atoms with Gasteiger partial charge in [0.15, 0.2) is 0 Å². The van der Waals surface area contributed by atoms with Gasteiger partial charge in [0.25, 0.3) is 0 Å². The summed E-state index contributed by atoms with van der Waals surface area (Å²) in [6, 6.07) is 16.2. The summed E-state index contributed by atoms with van der Waals surface area (Å²) in [5, 5.41) is 13.6. The van der Waals surface area contributed by atoms with E-state index < -0.39 is 12.1 Å². The van der Waals surface area contributed by atoms with Gasteiger partial charge in [-0.3, -0.25) is 0 Å². The van der Waals surface area contributed by atoms with E-state index >= 15 is 0 Å². The monoisotopic (exact) mass is 384 g/mol. The van der Waals surface area contributed by atoms with Gasteiger partial charge >= 0.3 is 0 Å². The van der Waals surface area contributed by atoms with Crippen molar-refractivity contribution in [2.75, 3.05) is 13.2 Å². The molecule has 0 saturated carbocycles. The lowest BCUT2D eigenvalue weighted by Gasteiger charge is -2.21. The van der Waals surface area contributed by atoms with Gasteiger partial charge in [0.05, 0.1) is 12.1 Å². The molecule has 28 heavy (non-hydrogen) atoms. The zero-order chi connectivity index (χ0) is 20.6. The Morgan fingerprint density at radius 3 is 2.50 bits per heavy atom. The molecule has 0 aliphatic carbocycles. The summed E-state index contributed by atoms with van der Waals surface area (Å²) in [5.74, 6) is 0.806. The first-order chi connectivity index (χ1) is 13.3. The molecular weight excluding hydrogens is 348 g/mol. The smallest absolute Gasteiger partial charge is 0.119 e. The van der Waals surface area contributed by atoms with Gasteiger partial charge in [0.1, 0.15) is 12.4 Å². The van der Waals surface area contributed by atoms with Gasteiger partial charge in [0, 0.05) is 13.1 Å². The average Bonchev–Trinajstić information content (AvgIpc) is 2.66. The Labute approximate surface area is 170 Å². The lowest BCUT2D eigenvalue weighted by Crippen LogP contribution is -2.45. The Morgan fingerprint density at radius 1 is 1.07 bits per heavy atom. The summed E-state index contributed by atoms with van der Waals surface area (Å²) in [4.78, 5) is 0. The largest absolute Gasteiger partial charge is 0.492 e. The summed E-state index contributed by atoms with van der Waals surface area (Å²) in [6.07, 6.45) is 1.47. The highest BCUT2D eigenvalue weighted by Gasteiger charge is 2.16.